The Kier molecular flexibility index (Phi) is 3.60. The molecule has 1 aliphatic rings. The van der Waals surface area contributed by atoms with E-state index in [1.54, 1.807) is 0 Å². The molecule has 0 aliphatic carbocycles. The number of carbonyl (C=O) groups is 2. The van der Waals surface area contributed by atoms with Crippen LogP contribution in [0.3, 0.4) is 0 Å². The van der Waals surface area contributed by atoms with Crippen LogP contribution in [0, 0.1) is 17.5 Å². The molecule has 0 radical (unpaired) electrons. The molecule has 1 atom stereocenters. The number of carboxylic acid groups (broad SMARTS) is 1. The molecule has 4 nitrogen and oxygen atoms in total. The van der Waals surface area contributed by atoms with Gasteiger partial charge in [0.25, 0.3) is 11.8 Å². The SMILES string of the molecule is O=C(O)[C@H]1CC(F)(F)CN1C(=O)c1ccc(F)c(F)c1F. The predicted octanol–water partition coefficient (Wildman–Crippen LogP) is 2.04. The Balaban J connectivity index is 2.40. The molecule has 1 aliphatic heterocycles. The van der Waals surface area contributed by atoms with Gasteiger partial charge in [-0.1, -0.05) is 0 Å². The summed E-state index contributed by atoms with van der Waals surface area (Å²) < 4.78 is 65.8. The van der Waals surface area contributed by atoms with Gasteiger partial charge in [0, 0.05) is 6.42 Å². The van der Waals surface area contributed by atoms with E-state index in [4.69, 9.17) is 5.11 Å². The molecule has 1 saturated heterocycles. The van der Waals surface area contributed by atoms with Gasteiger partial charge in [-0.15, -0.1) is 0 Å². The summed E-state index contributed by atoms with van der Waals surface area (Å²) in [7, 11) is 0. The number of rotatable bonds is 2. The van der Waals surface area contributed by atoms with Crippen molar-refractivity contribution in [1.29, 1.82) is 0 Å². The average Bonchev–Trinajstić information content (AvgIpc) is 2.72. The van der Waals surface area contributed by atoms with Gasteiger partial charge in [-0.25, -0.2) is 26.7 Å². The Morgan fingerprint density at radius 2 is 1.81 bits per heavy atom. The van der Waals surface area contributed by atoms with E-state index in [1.807, 2.05) is 0 Å². The van der Waals surface area contributed by atoms with Crippen LogP contribution in [0.5, 0.6) is 0 Å². The lowest BCUT2D eigenvalue weighted by molar-refractivity contribution is -0.141. The maximum atomic E-state index is 13.5. The van der Waals surface area contributed by atoms with Crippen LogP contribution in [-0.4, -0.2) is 40.4 Å². The molecule has 2 rings (SSSR count). The summed E-state index contributed by atoms with van der Waals surface area (Å²) in [4.78, 5) is 23.1. The predicted molar refractivity (Wildman–Crippen MR) is 58.3 cm³/mol. The number of carboxylic acids is 1. The standard InChI is InChI=1S/C12H8F5NO3/c13-6-2-1-5(8(14)9(6)15)10(19)18-4-12(16,17)3-7(18)11(20)21/h1-2,7H,3-4H2,(H,20,21)/t7-/m1/s1. The normalized spacial score (nSPS) is 20.6. The molecule has 1 aromatic rings. The lowest BCUT2D eigenvalue weighted by Gasteiger charge is -2.21. The molecule has 1 N–H and O–H groups in total. The number of nitrogens with zero attached hydrogens (tertiary/aromatic N) is 1. The number of halogens is 5. The van der Waals surface area contributed by atoms with Gasteiger partial charge in [-0.3, -0.25) is 4.79 Å². The van der Waals surface area contributed by atoms with Crippen LogP contribution in [0.4, 0.5) is 22.0 Å². The summed E-state index contributed by atoms with van der Waals surface area (Å²) in [5.41, 5.74) is -1.00. The zero-order chi connectivity index (χ0) is 15.9. The number of hydrogen-bond acceptors (Lipinski definition) is 2. The number of amides is 1. The first-order valence-corrected chi connectivity index (χ1v) is 5.69. The summed E-state index contributed by atoms with van der Waals surface area (Å²) in [6.07, 6.45) is -1.13. The van der Waals surface area contributed by atoms with Gasteiger partial charge in [0.2, 0.25) is 0 Å². The third-order valence-electron chi connectivity index (χ3n) is 3.08. The number of carbonyl (C=O) groups excluding carboxylic acids is 1. The second kappa shape index (κ2) is 4.97. The number of benzene rings is 1. The average molecular weight is 309 g/mol. The fourth-order valence-electron chi connectivity index (χ4n) is 2.10. The van der Waals surface area contributed by atoms with Crippen molar-refractivity contribution in [3.63, 3.8) is 0 Å². The van der Waals surface area contributed by atoms with Gasteiger partial charge in [0.15, 0.2) is 17.5 Å². The van der Waals surface area contributed by atoms with Crippen molar-refractivity contribution >= 4 is 11.9 Å². The Morgan fingerprint density at radius 3 is 2.38 bits per heavy atom. The minimum Gasteiger partial charge on any atom is -0.480 e. The van der Waals surface area contributed by atoms with E-state index >= 15 is 0 Å². The van der Waals surface area contributed by atoms with E-state index < -0.39 is 59.8 Å². The molecule has 0 unspecified atom stereocenters. The smallest absolute Gasteiger partial charge is 0.326 e. The Morgan fingerprint density at radius 1 is 1.19 bits per heavy atom. The number of alkyl halides is 2. The fourth-order valence-corrected chi connectivity index (χ4v) is 2.10. The van der Waals surface area contributed by atoms with Crippen LogP contribution in [0.1, 0.15) is 16.8 Å². The van der Waals surface area contributed by atoms with Gasteiger partial charge in [0.1, 0.15) is 6.04 Å². The molecule has 114 valence electrons. The van der Waals surface area contributed by atoms with Crippen molar-refractivity contribution in [3.05, 3.63) is 35.1 Å². The van der Waals surface area contributed by atoms with Crippen molar-refractivity contribution in [2.45, 2.75) is 18.4 Å². The molecule has 1 fully saturated rings. The van der Waals surface area contributed by atoms with E-state index in [-0.39, 0.29) is 4.90 Å². The zero-order valence-electron chi connectivity index (χ0n) is 10.2. The molecule has 0 aromatic heterocycles. The maximum Gasteiger partial charge on any atom is 0.326 e. The number of aliphatic carboxylic acids is 1. The Labute approximate surface area is 114 Å². The molecule has 0 saturated carbocycles. The molecule has 0 bridgehead atoms. The molecule has 1 aromatic carbocycles. The number of likely N-dealkylation sites (tertiary alicyclic amines) is 1. The van der Waals surface area contributed by atoms with Gasteiger partial charge >= 0.3 is 5.97 Å². The van der Waals surface area contributed by atoms with Crippen LogP contribution >= 0.6 is 0 Å². The highest BCUT2D eigenvalue weighted by Gasteiger charge is 2.50. The van der Waals surface area contributed by atoms with Crippen molar-refractivity contribution in [2.24, 2.45) is 0 Å². The Hall–Kier alpha value is -2.19. The molecular weight excluding hydrogens is 301 g/mol. The molecule has 21 heavy (non-hydrogen) atoms. The first-order valence-electron chi connectivity index (χ1n) is 5.69. The van der Waals surface area contributed by atoms with Crippen molar-refractivity contribution in [2.75, 3.05) is 6.54 Å². The van der Waals surface area contributed by atoms with Crippen molar-refractivity contribution < 1.29 is 36.6 Å². The second-order valence-corrected chi connectivity index (χ2v) is 4.57. The minimum absolute atomic E-state index is 0.234. The molecule has 0 spiro atoms. The van der Waals surface area contributed by atoms with Crippen LogP contribution in [-0.2, 0) is 4.79 Å². The first kappa shape index (κ1) is 15.2. The molecule has 9 heteroatoms. The van der Waals surface area contributed by atoms with Gasteiger partial charge < -0.3 is 10.0 Å². The van der Waals surface area contributed by atoms with E-state index in [1.165, 1.54) is 0 Å². The summed E-state index contributed by atoms with van der Waals surface area (Å²) in [6.45, 7) is -1.23. The second-order valence-electron chi connectivity index (χ2n) is 4.57. The zero-order valence-corrected chi connectivity index (χ0v) is 10.2. The van der Waals surface area contributed by atoms with Crippen LogP contribution < -0.4 is 0 Å². The van der Waals surface area contributed by atoms with Crippen molar-refractivity contribution in [3.8, 4) is 0 Å². The summed E-state index contributed by atoms with van der Waals surface area (Å²) in [5, 5.41) is 8.82. The quantitative estimate of drug-likeness (QED) is 0.672. The van der Waals surface area contributed by atoms with E-state index in [9.17, 15) is 31.5 Å². The summed E-state index contributed by atoms with van der Waals surface area (Å²) in [5.74, 6) is -11.9. The highest BCUT2D eigenvalue weighted by atomic mass is 19.3. The van der Waals surface area contributed by atoms with E-state index in [0.29, 0.717) is 12.1 Å². The number of hydrogen-bond donors (Lipinski definition) is 1. The lowest BCUT2D eigenvalue weighted by Crippen LogP contribution is -2.41. The largest absolute Gasteiger partial charge is 0.480 e. The third kappa shape index (κ3) is 2.67. The highest BCUT2D eigenvalue weighted by molar-refractivity contribution is 5.97. The van der Waals surface area contributed by atoms with Crippen LogP contribution in [0.2, 0.25) is 0 Å². The van der Waals surface area contributed by atoms with E-state index in [0.717, 1.165) is 0 Å². The lowest BCUT2D eigenvalue weighted by atomic mass is 10.1. The highest BCUT2D eigenvalue weighted by Crippen LogP contribution is 2.33. The molecular formula is C12H8F5NO3. The van der Waals surface area contributed by atoms with Gasteiger partial charge in [-0.05, 0) is 12.1 Å². The van der Waals surface area contributed by atoms with Crippen LogP contribution in [0.25, 0.3) is 0 Å². The molecule has 1 amide bonds. The third-order valence-corrected chi connectivity index (χ3v) is 3.08. The Bertz CT molecular complexity index is 619. The fraction of sp³-hybridized carbons (Fsp3) is 0.333. The summed E-state index contributed by atoms with van der Waals surface area (Å²) in [6, 6.07) is -0.832. The summed E-state index contributed by atoms with van der Waals surface area (Å²) >= 11 is 0. The topological polar surface area (TPSA) is 57.6 Å². The minimum atomic E-state index is -3.45. The van der Waals surface area contributed by atoms with Crippen molar-refractivity contribution in [1.82, 2.24) is 4.90 Å². The van der Waals surface area contributed by atoms with Crippen LogP contribution in [0.15, 0.2) is 12.1 Å². The van der Waals surface area contributed by atoms with E-state index in [2.05, 4.69) is 0 Å². The van der Waals surface area contributed by atoms with Gasteiger partial charge in [-0.2, -0.15) is 0 Å². The molecule has 1 heterocycles. The van der Waals surface area contributed by atoms with Gasteiger partial charge in [0.05, 0.1) is 12.1 Å². The first-order chi connectivity index (χ1) is 9.64. The monoisotopic (exact) mass is 309 g/mol. The maximum absolute atomic E-state index is 13.5.